The number of benzene rings is 2. The molecule has 0 N–H and O–H groups in total. The molecule has 178 valence electrons. The van der Waals surface area contributed by atoms with Crippen LogP contribution in [0.25, 0.3) is 0 Å². The first-order chi connectivity index (χ1) is 15.8. The summed E-state index contributed by atoms with van der Waals surface area (Å²) < 4.78 is 28.4. The Bertz CT molecular complexity index is 1060. The number of likely N-dealkylation sites (N-methyl/N-ethyl adjacent to an activating group) is 1. The van der Waals surface area contributed by atoms with E-state index < -0.39 is 10.0 Å². The number of aryl methyl sites for hydroxylation is 1. The van der Waals surface area contributed by atoms with Crippen LogP contribution in [-0.4, -0.2) is 92.7 Å². The van der Waals surface area contributed by atoms with Crippen molar-refractivity contribution < 1.29 is 13.2 Å². The zero-order valence-corrected chi connectivity index (χ0v) is 20.4. The topological polar surface area (TPSA) is 64.2 Å². The van der Waals surface area contributed by atoms with E-state index in [4.69, 9.17) is 0 Å². The summed E-state index contributed by atoms with van der Waals surface area (Å²) in [7, 11) is -1.51. The van der Waals surface area contributed by atoms with Gasteiger partial charge in [0.05, 0.1) is 11.3 Å². The summed E-state index contributed by atoms with van der Waals surface area (Å²) in [4.78, 5) is 19.4. The maximum atomic E-state index is 13.4. The van der Waals surface area contributed by atoms with Crippen LogP contribution in [0.2, 0.25) is 0 Å². The molecule has 33 heavy (non-hydrogen) atoms. The third-order valence-corrected chi connectivity index (χ3v) is 8.61. The summed E-state index contributed by atoms with van der Waals surface area (Å²) in [6.07, 6.45) is 0.423. The van der Waals surface area contributed by atoms with Gasteiger partial charge in [0.1, 0.15) is 0 Å². The van der Waals surface area contributed by atoms with Gasteiger partial charge in [-0.2, -0.15) is 4.31 Å². The SMILES string of the molecule is Cc1ccc(S(=O)(=O)N2CCN(C)CC2)c(CN2CCN(C(=O)Cc3ccccc3)CC2)c1. The molecule has 2 aromatic rings. The van der Waals surface area contributed by atoms with Gasteiger partial charge in [0.15, 0.2) is 0 Å². The van der Waals surface area contributed by atoms with Crippen LogP contribution in [0.1, 0.15) is 16.7 Å². The number of nitrogens with zero attached hydrogens (tertiary/aromatic N) is 4. The standard InChI is InChI=1S/C25H34N4O3S/c1-21-8-9-24(33(31,32)29-16-10-26(2)11-17-29)23(18-21)20-27-12-14-28(15-13-27)25(30)19-22-6-4-3-5-7-22/h3-9,18H,10-17,19-20H2,1-2H3. The molecule has 0 unspecified atom stereocenters. The van der Waals surface area contributed by atoms with E-state index in [0.717, 1.165) is 42.9 Å². The third kappa shape index (κ3) is 5.81. The summed E-state index contributed by atoms with van der Waals surface area (Å²) >= 11 is 0. The number of carbonyl (C=O) groups excluding carboxylic acids is 1. The Morgan fingerprint density at radius 1 is 0.879 bits per heavy atom. The highest BCUT2D eigenvalue weighted by Crippen LogP contribution is 2.24. The zero-order chi connectivity index (χ0) is 23.4. The summed E-state index contributed by atoms with van der Waals surface area (Å²) in [6.45, 7) is 7.92. The van der Waals surface area contributed by atoms with Gasteiger partial charge in [-0.3, -0.25) is 9.69 Å². The molecule has 2 aliphatic rings. The number of piperazine rings is 2. The molecule has 2 aromatic carbocycles. The van der Waals surface area contributed by atoms with Gasteiger partial charge in [0.25, 0.3) is 0 Å². The Morgan fingerprint density at radius 2 is 1.55 bits per heavy atom. The highest BCUT2D eigenvalue weighted by molar-refractivity contribution is 7.89. The number of rotatable bonds is 6. The van der Waals surface area contributed by atoms with Crippen LogP contribution in [0.15, 0.2) is 53.4 Å². The van der Waals surface area contributed by atoms with Crippen molar-refractivity contribution in [3.05, 3.63) is 65.2 Å². The van der Waals surface area contributed by atoms with Crippen molar-refractivity contribution in [3.8, 4) is 0 Å². The first-order valence-corrected chi connectivity index (χ1v) is 13.1. The van der Waals surface area contributed by atoms with E-state index in [1.54, 1.807) is 10.4 Å². The molecule has 0 atom stereocenters. The minimum Gasteiger partial charge on any atom is -0.340 e. The lowest BCUT2D eigenvalue weighted by atomic mass is 10.1. The number of hydrogen-bond donors (Lipinski definition) is 0. The van der Waals surface area contributed by atoms with Crippen LogP contribution < -0.4 is 0 Å². The molecule has 4 rings (SSSR count). The fourth-order valence-corrected chi connectivity index (χ4v) is 6.15. The third-order valence-electron chi connectivity index (χ3n) is 6.61. The first kappa shape index (κ1) is 23.9. The molecule has 0 aliphatic carbocycles. The maximum Gasteiger partial charge on any atom is 0.243 e. The molecule has 2 saturated heterocycles. The Labute approximate surface area is 197 Å². The normalized spacial score (nSPS) is 19.0. The van der Waals surface area contributed by atoms with E-state index in [9.17, 15) is 13.2 Å². The van der Waals surface area contributed by atoms with Crippen LogP contribution in [0.3, 0.4) is 0 Å². The predicted octanol–water partition coefficient (Wildman–Crippen LogP) is 1.82. The van der Waals surface area contributed by atoms with Gasteiger partial charge in [-0.15, -0.1) is 0 Å². The predicted molar refractivity (Wildman–Crippen MR) is 129 cm³/mol. The van der Waals surface area contributed by atoms with E-state index in [0.29, 0.717) is 44.0 Å². The number of sulfonamides is 1. The van der Waals surface area contributed by atoms with Crippen LogP contribution in [0.5, 0.6) is 0 Å². The molecule has 2 heterocycles. The molecular weight excluding hydrogens is 436 g/mol. The minimum absolute atomic E-state index is 0.148. The van der Waals surface area contributed by atoms with Gasteiger partial charge in [0.2, 0.25) is 15.9 Å². The average Bonchev–Trinajstić information content (AvgIpc) is 2.80. The molecule has 1 amide bonds. The van der Waals surface area contributed by atoms with E-state index in [1.165, 1.54) is 0 Å². The molecule has 0 radical (unpaired) electrons. The van der Waals surface area contributed by atoms with Crippen molar-refractivity contribution >= 4 is 15.9 Å². The van der Waals surface area contributed by atoms with Crippen LogP contribution in [0, 0.1) is 6.92 Å². The summed E-state index contributed by atoms with van der Waals surface area (Å²) in [5.41, 5.74) is 2.93. The zero-order valence-electron chi connectivity index (χ0n) is 19.6. The van der Waals surface area contributed by atoms with Crippen molar-refractivity contribution in [2.45, 2.75) is 24.8 Å². The molecule has 0 aromatic heterocycles. The van der Waals surface area contributed by atoms with Gasteiger partial charge in [0, 0.05) is 58.9 Å². The van der Waals surface area contributed by atoms with Crippen LogP contribution in [-0.2, 0) is 27.8 Å². The molecule has 2 aliphatic heterocycles. The fraction of sp³-hybridized carbons (Fsp3) is 0.480. The second-order valence-electron chi connectivity index (χ2n) is 9.14. The lowest BCUT2D eigenvalue weighted by Gasteiger charge is -2.36. The molecule has 0 spiro atoms. The Hall–Kier alpha value is -2.26. The Balaban J connectivity index is 1.40. The second-order valence-corrected chi connectivity index (χ2v) is 11.0. The van der Waals surface area contributed by atoms with Crippen molar-refractivity contribution in [2.75, 3.05) is 59.4 Å². The highest BCUT2D eigenvalue weighted by Gasteiger charge is 2.30. The van der Waals surface area contributed by atoms with E-state index in [2.05, 4.69) is 9.80 Å². The van der Waals surface area contributed by atoms with Crippen molar-refractivity contribution in [1.82, 2.24) is 19.0 Å². The summed E-state index contributed by atoms with van der Waals surface area (Å²) in [6, 6.07) is 15.5. The molecule has 0 bridgehead atoms. The van der Waals surface area contributed by atoms with E-state index in [-0.39, 0.29) is 5.91 Å². The maximum absolute atomic E-state index is 13.4. The molecule has 7 nitrogen and oxygen atoms in total. The quantitative estimate of drug-likeness (QED) is 0.645. The smallest absolute Gasteiger partial charge is 0.243 e. The van der Waals surface area contributed by atoms with Gasteiger partial charge >= 0.3 is 0 Å². The lowest BCUT2D eigenvalue weighted by molar-refractivity contribution is -0.132. The second kappa shape index (κ2) is 10.3. The van der Waals surface area contributed by atoms with Gasteiger partial charge in [-0.1, -0.05) is 48.0 Å². The Morgan fingerprint density at radius 3 is 2.21 bits per heavy atom. The molecular formula is C25H34N4O3S. The molecule has 8 heteroatoms. The average molecular weight is 471 g/mol. The van der Waals surface area contributed by atoms with E-state index in [1.807, 2.05) is 61.3 Å². The van der Waals surface area contributed by atoms with Gasteiger partial charge in [-0.05, 0) is 31.2 Å². The van der Waals surface area contributed by atoms with Crippen molar-refractivity contribution in [3.63, 3.8) is 0 Å². The lowest BCUT2D eigenvalue weighted by Crippen LogP contribution is -2.49. The van der Waals surface area contributed by atoms with Crippen molar-refractivity contribution in [2.24, 2.45) is 0 Å². The number of amides is 1. The summed E-state index contributed by atoms with van der Waals surface area (Å²) in [5, 5.41) is 0. The number of carbonyl (C=O) groups is 1. The van der Waals surface area contributed by atoms with Gasteiger partial charge in [-0.25, -0.2) is 8.42 Å². The first-order valence-electron chi connectivity index (χ1n) is 11.7. The monoisotopic (exact) mass is 470 g/mol. The summed E-state index contributed by atoms with van der Waals surface area (Å²) in [5.74, 6) is 0.148. The molecule has 0 saturated carbocycles. The minimum atomic E-state index is -3.53. The van der Waals surface area contributed by atoms with Crippen LogP contribution in [0.4, 0.5) is 0 Å². The molecule has 2 fully saturated rings. The fourth-order valence-electron chi connectivity index (χ4n) is 4.53. The Kier molecular flexibility index (Phi) is 7.48. The highest BCUT2D eigenvalue weighted by atomic mass is 32.2. The van der Waals surface area contributed by atoms with Crippen molar-refractivity contribution in [1.29, 1.82) is 0 Å². The largest absolute Gasteiger partial charge is 0.340 e. The van der Waals surface area contributed by atoms with Gasteiger partial charge < -0.3 is 9.80 Å². The van der Waals surface area contributed by atoms with E-state index >= 15 is 0 Å². The van der Waals surface area contributed by atoms with Crippen LogP contribution >= 0.6 is 0 Å². The number of hydrogen-bond acceptors (Lipinski definition) is 5.